The molecule has 4 unspecified atom stereocenters. The fourth-order valence-corrected chi connectivity index (χ4v) is 5.34. The fraction of sp³-hybridized carbons (Fsp3) is 0.556. The second-order valence-corrected chi connectivity index (χ2v) is 11.2. The maximum Gasteiger partial charge on any atom is 0.326 e. The highest BCUT2D eigenvalue weighted by Gasteiger charge is 2.39. The molecule has 1 aromatic heterocycles. The summed E-state index contributed by atoms with van der Waals surface area (Å²) in [6.07, 6.45) is 5.76. The molecule has 1 aliphatic heterocycles. The number of aromatic amines is 1. The van der Waals surface area contributed by atoms with E-state index in [0.717, 1.165) is 16.5 Å². The molecule has 0 bridgehead atoms. The first-order valence-electron chi connectivity index (χ1n) is 13.1. The molecule has 4 atom stereocenters. The minimum absolute atomic E-state index is 0.104. The Labute approximate surface area is 227 Å². The molecule has 3 amide bonds. The van der Waals surface area contributed by atoms with E-state index in [1.807, 2.05) is 50.6 Å². The zero-order chi connectivity index (χ0) is 27.8. The standard InChI is InChI=1S/C27H39N5O5S/c1-16(2)13-22(31-24(33)19(28)14-17-15-29-20-8-5-4-7-18(17)20)26(35)32-11-6-9-23(32)25(34)30-21(27(36)37)10-12-38-3/h4-5,7-8,15-16,19,21-23,29H,6,9-14,28H2,1-3H3,(H,30,34)(H,31,33)(H,36,37). The Hall–Kier alpha value is -3.05. The number of carbonyl (C=O) groups is 4. The minimum Gasteiger partial charge on any atom is -0.480 e. The number of rotatable bonds is 13. The molecule has 38 heavy (non-hydrogen) atoms. The molecular weight excluding hydrogens is 506 g/mol. The number of carbonyl (C=O) groups excluding carboxylic acids is 3. The van der Waals surface area contributed by atoms with Gasteiger partial charge in [-0.3, -0.25) is 14.4 Å². The number of fused-ring (bicyclic) bond motifs is 1. The monoisotopic (exact) mass is 545 g/mol. The summed E-state index contributed by atoms with van der Waals surface area (Å²) >= 11 is 1.50. The summed E-state index contributed by atoms with van der Waals surface area (Å²) in [5.41, 5.74) is 8.13. The Balaban J connectivity index is 1.68. The quantitative estimate of drug-likeness (QED) is 0.257. The van der Waals surface area contributed by atoms with Crippen molar-refractivity contribution in [3.8, 4) is 0 Å². The number of thioether (sulfide) groups is 1. The van der Waals surface area contributed by atoms with Crippen LogP contribution in [0.2, 0.25) is 0 Å². The van der Waals surface area contributed by atoms with Gasteiger partial charge in [0.05, 0.1) is 6.04 Å². The minimum atomic E-state index is -1.10. The van der Waals surface area contributed by atoms with Crippen molar-refractivity contribution in [1.29, 1.82) is 0 Å². The Bertz CT molecular complexity index is 1140. The van der Waals surface area contributed by atoms with Gasteiger partial charge < -0.3 is 31.4 Å². The Morgan fingerprint density at radius 1 is 1.18 bits per heavy atom. The lowest BCUT2D eigenvalue weighted by molar-refractivity contribution is -0.145. The summed E-state index contributed by atoms with van der Waals surface area (Å²) in [5.74, 6) is -1.66. The number of para-hydroxylation sites is 1. The molecule has 1 aromatic carbocycles. The van der Waals surface area contributed by atoms with Gasteiger partial charge >= 0.3 is 5.97 Å². The maximum absolute atomic E-state index is 13.6. The topological polar surface area (TPSA) is 158 Å². The van der Waals surface area contributed by atoms with Crippen molar-refractivity contribution in [2.45, 2.75) is 70.1 Å². The first-order valence-corrected chi connectivity index (χ1v) is 14.4. The molecule has 2 aromatic rings. The number of hydrogen-bond donors (Lipinski definition) is 5. The van der Waals surface area contributed by atoms with Gasteiger partial charge in [-0.15, -0.1) is 0 Å². The molecule has 11 heteroatoms. The number of carboxylic acids is 1. The van der Waals surface area contributed by atoms with Gasteiger partial charge in [-0.1, -0.05) is 32.0 Å². The smallest absolute Gasteiger partial charge is 0.326 e. The van der Waals surface area contributed by atoms with Crippen molar-refractivity contribution >= 4 is 46.4 Å². The molecule has 3 rings (SSSR count). The molecule has 0 aliphatic carbocycles. The zero-order valence-corrected chi connectivity index (χ0v) is 23.1. The maximum atomic E-state index is 13.6. The molecule has 0 spiro atoms. The molecule has 0 radical (unpaired) electrons. The largest absolute Gasteiger partial charge is 0.480 e. The fourth-order valence-electron chi connectivity index (χ4n) is 4.87. The van der Waals surface area contributed by atoms with Crippen LogP contribution in [0.25, 0.3) is 10.9 Å². The van der Waals surface area contributed by atoms with Crippen molar-refractivity contribution in [2.75, 3.05) is 18.6 Å². The number of nitrogens with one attached hydrogen (secondary N) is 3. The van der Waals surface area contributed by atoms with Gasteiger partial charge in [-0.25, -0.2) is 4.79 Å². The van der Waals surface area contributed by atoms with Gasteiger partial charge in [-0.05, 0) is 61.7 Å². The predicted octanol–water partition coefficient (Wildman–Crippen LogP) is 1.88. The summed E-state index contributed by atoms with van der Waals surface area (Å²) in [6.45, 7) is 4.27. The molecule has 0 saturated carbocycles. The van der Waals surface area contributed by atoms with Crippen molar-refractivity contribution in [1.82, 2.24) is 20.5 Å². The number of benzene rings is 1. The summed E-state index contributed by atoms with van der Waals surface area (Å²) < 4.78 is 0. The van der Waals surface area contributed by atoms with Crippen LogP contribution >= 0.6 is 11.8 Å². The van der Waals surface area contributed by atoms with Crippen molar-refractivity contribution in [3.63, 3.8) is 0 Å². The first-order chi connectivity index (χ1) is 18.1. The third-order valence-corrected chi connectivity index (χ3v) is 7.48. The number of likely N-dealkylation sites (tertiary alicyclic amines) is 1. The normalized spacial score (nSPS) is 17.8. The Morgan fingerprint density at radius 2 is 1.92 bits per heavy atom. The number of H-pyrrole nitrogens is 1. The van der Waals surface area contributed by atoms with Crippen LogP contribution in [-0.2, 0) is 25.6 Å². The lowest BCUT2D eigenvalue weighted by Gasteiger charge is -2.30. The average molecular weight is 546 g/mol. The lowest BCUT2D eigenvalue weighted by Crippen LogP contribution is -2.57. The van der Waals surface area contributed by atoms with E-state index >= 15 is 0 Å². The van der Waals surface area contributed by atoms with E-state index in [9.17, 15) is 24.3 Å². The number of aromatic nitrogens is 1. The second kappa shape index (κ2) is 13.7. The van der Waals surface area contributed by atoms with E-state index in [2.05, 4.69) is 15.6 Å². The number of aliphatic carboxylic acids is 1. The van der Waals surface area contributed by atoms with E-state index in [4.69, 9.17) is 5.73 Å². The summed E-state index contributed by atoms with van der Waals surface area (Å²) in [7, 11) is 0. The van der Waals surface area contributed by atoms with E-state index < -0.39 is 42.0 Å². The Morgan fingerprint density at radius 3 is 2.61 bits per heavy atom. The summed E-state index contributed by atoms with van der Waals surface area (Å²) in [4.78, 5) is 56.0. The van der Waals surface area contributed by atoms with Crippen LogP contribution in [-0.4, -0.2) is 81.4 Å². The van der Waals surface area contributed by atoms with Crippen LogP contribution in [0.1, 0.15) is 45.1 Å². The number of carboxylic acid groups (broad SMARTS) is 1. The van der Waals surface area contributed by atoms with Gasteiger partial charge in [-0.2, -0.15) is 11.8 Å². The SMILES string of the molecule is CSCCC(NC(=O)C1CCCN1C(=O)C(CC(C)C)NC(=O)C(N)Cc1c[nH]c2ccccc12)C(=O)O. The van der Waals surface area contributed by atoms with Gasteiger partial charge in [0.1, 0.15) is 18.1 Å². The Kier molecular flexibility index (Phi) is 10.6. The molecule has 1 aliphatic rings. The third kappa shape index (κ3) is 7.50. The lowest BCUT2D eigenvalue weighted by atomic mass is 10.0. The number of nitrogens with zero attached hydrogens (tertiary/aromatic N) is 1. The van der Waals surface area contributed by atoms with E-state index in [-0.39, 0.29) is 11.8 Å². The highest BCUT2D eigenvalue weighted by atomic mass is 32.2. The molecule has 2 heterocycles. The number of amides is 3. The van der Waals surface area contributed by atoms with E-state index in [1.54, 1.807) is 0 Å². The third-order valence-electron chi connectivity index (χ3n) is 6.84. The van der Waals surface area contributed by atoms with Crippen molar-refractivity contribution in [2.24, 2.45) is 11.7 Å². The molecule has 1 saturated heterocycles. The van der Waals surface area contributed by atoms with Gasteiger partial charge in [0, 0.05) is 23.6 Å². The molecule has 10 nitrogen and oxygen atoms in total. The van der Waals surface area contributed by atoms with Crippen LogP contribution in [0.5, 0.6) is 0 Å². The summed E-state index contributed by atoms with van der Waals surface area (Å²) in [5, 5.41) is 15.9. The van der Waals surface area contributed by atoms with Crippen LogP contribution < -0.4 is 16.4 Å². The van der Waals surface area contributed by atoms with Crippen LogP contribution in [0.15, 0.2) is 30.5 Å². The first kappa shape index (κ1) is 29.5. The average Bonchev–Trinajstić information content (AvgIpc) is 3.53. The second-order valence-electron chi connectivity index (χ2n) is 10.2. The molecule has 1 fully saturated rings. The van der Waals surface area contributed by atoms with Crippen molar-refractivity contribution in [3.05, 3.63) is 36.0 Å². The number of hydrogen-bond acceptors (Lipinski definition) is 6. The van der Waals surface area contributed by atoms with Crippen LogP contribution in [0.4, 0.5) is 0 Å². The van der Waals surface area contributed by atoms with E-state index in [1.165, 1.54) is 16.7 Å². The van der Waals surface area contributed by atoms with Crippen molar-refractivity contribution < 1.29 is 24.3 Å². The van der Waals surface area contributed by atoms with Gasteiger partial charge in [0.25, 0.3) is 0 Å². The van der Waals surface area contributed by atoms with Gasteiger partial charge in [0.2, 0.25) is 17.7 Å². The van der Waals surface area contributed by atoms with Crippen LogP contribution in [0.3, 0.4) is 0 Å². The highest BCUT2D eigenvalue weighted by molar-refractivity contribution is 7.98. The summed E-state index contributed by atoms with van der Waals surface area (Å²) in [6, 6.07) is 4.28. The van der Waals surface area contributed by atoms with Crippen LogP contribution in [0, 0.1) is 5.92 Å². The molecule has 208 valence electrons. The van der Waals surface area contributed by atoms with Gasteiger partial charge in [0.15, 0.2) is 0 Å². The predicted molar refractivity (Wildman–Crippen MR) is 149 cm³/mol. The molecular formula is C27H39N5O5S. The molecule has 6 N–H and O–H groups in total. The zero-order valence-electron chi connectivity index (χ0n) is 22.2. The highest BCUT2D eigenvalue weighted by Crippen LogP contribution is 2.22. The number of nitrogens with two attached hydrogens (primary N) is 1. The van der Waals surface area contributed by atoms with E-state index in [0.29, 0.717) is 44.4 Å².